The molecule has 0 amide bonds. The van der Waals surface area contributed by atoms with Crippen LogP contribution in [0, 0.1) is 0 Å². The van der Waals surface area contributed by atoms with Crippen molar-refractivity contribution in [3.05, 3.63) is 90.4 Å². The molecule has 1 N–H and O–H groups in total. The lowest BCUT2D eigenvalue weighted by molar-refractivity contribution is 0.0474. The molecule has 0 saturated heterocycles. The van der Waals surface area contributed by atoms with Gasteiger partial charge in [-0.15, -0.1) is 0 Å². The molecule has 0 aliphatic rings. The van der Waals surface area contributed by atoms with E-state index in [-0.39, 0.29) is 18.0 Å². The van der Waals surface area contributed by atoms with E-state index >= 15 is 0 Å². The van der Waals surface area contributed by atoms with Gasteiger partial charge in [-0.3, -0.25) is 4.79 Å². The number of ketones is 1. The van der Waals surface area contributed by atoms with Crippen molar-refractivity contribution in [2.75, 3.05) is 13.7 Å². The quantitative estimate of drug-likeness (QED) is 0.375. The number of hydrogen-bond donors (Lipinski definition) is 1. The molecule has 2 aromatic carbocycles. The van der Waals surface area contributed by atoms with Gasteiger partial charge in [-0.1, -0.05) is 30.3 Å². The Morgan fingerprint density at radius 3 is 2.60 bits per heavy atom. The lowest BCUT2D eigenvalue weighted by Crippen LogP contribution is -2.14. The molecular weight excluding hydrogens is 382 g/mol. The Hall–Kier alpha value is -4.13. The maximum absolute atomic E-state index is 12.8. The van der Waals surface area contributed by atoms with Crippen molar-refractivity contribution in [3.63, 3.8) is 0 Å². The summed E-state index contributed by atoms with van der Waals surface area (Å²) in [6.07, 6.45) is 3.24. The fourth-order valence-corrected chi connectivity index (χ4v) is 3.01. The fourth-order valence-electron chi connectivity index (χ4n) is 3.01. The summed E-state index contributed by atoms with van der Waals surface area (Å²) >= 11 is 0. The van der Waals surface area contributed by atoms with Crippen LogP contribution in [0.15, 0.2) is 79.1 Å². The van der Waals surface area contributed by atoms with E-state index in [1.165, 1.54) is 0 Å². The number of nitrogens with zero attached hydrogens (tertiary/aromatic N) is 2. The fraction of sp³-hybridized carbons (Fsp3) is 0.0870. The number of ether oxygens (including phenoxy) is 2. The van der Waals surface area contributed by atoms with Crippen molar-refractivity contribution in [1.82, 2.24) is 14.8 Å². The zero-order valence-electron chi connectivity index (χ0n) is 16.2. The zero-order chi connectivity index (χ0) is 20.9. The molecule has 0 atom stereocenters. The Morgan fingerprint density at radius 2 is 1.87 bits per heavy atom. The third-order valence-corrected chi connectivity index (χ3v) is 4.53. The van der Waals surface area contributed by atoms with Crippen LogP contribution in [0.5, 0.6) is 5.75 Å². The van der Waals surface area contributed by atoms with Gasteiger partial charge < -0.3 is 14.5 Å². The van der Waals surface area contributed by atoms with Crippen molar-refractivity contribution < 1.29 is 19.1 Å². The standard InChI is InChI=1S/C23H19N3O4/c1-29-18-10-5-7-16(13-18)22-19(14-26(25-22)17-8-3-2-4-9-17)23(28)30-15-21(27)20-11-6-12-24-20/h2-14,24H,15H2,1H3. The summed E-state index contributed by atoms with van der Waals surface area (Å²) in [5.41, 5.74) is 2.58. The average molecular weight is 401 g/mol. The minimum Gasteiger partial charge on any atom is -0.497 e. The van der Waals surface area contributed by atoms with Crippen LogP contribution in [0.2, 0.25) is 0 Å². The van der Waals surface area contributed by atoms with E-state index in [2.05, 4.69) is 10.1 Å². The summed E-state index contributed by atoms with van der Waals surface area (Å²) < 4.78 is 12.2. The molecule has 7 heteroatoms. The van der Waals surface area contributed by atoms with E-state index in [1.807, 2.05) is 48.5 Å². The highest BCUT2D eigenvalue weighted by Crippen LogP contribution is 2.27. The van der Waals surface area contributed by atoms with Crippen LogP contribution in [0.1, 0.15) is 20.8 Å². The number of nitrogens with one attached hydrogen (secondary N) is 1. The molecule has 2 heterocycles. The molecule has 0 radical (unpaired) electrons. The lowest BCUT2D eigenvalue weighted by atomic mass is 10.1. The number of carbonyl (C=O) groups excluding carboxylic acids is 2. The van der Waals surface area contributed by atoms with Gasteiger partial charge in [0, 0.05) is 18.0 Å². The number of aromatic amines is 1. The number of aromatic nitrogens is 3. The van der Waals surface area contributed by atoms with Gasteiger partial charge in [0.1, 0.15) is 17.0 Å². The van der Waals surface area contributed by atoms with E-state index in [1.54, 1.807) is 42.4 Å². The molecule has 4 rings (SSSR count). The number of rotatable bonds is 7. The van der Waals surface area contributed by atoms with Crippen LogP contribution in [0.3, 0.4) is 0 Å². The van der Waals surface area contributed by atoms with Gasteiger partial charge in [0.15, 0.2) is 6.61 Å². The number of benzene rings is 2. The first-order valence-electron chi connectivity index (χ1n) is 9.29. The van der Waals surface area contributed by atoms with Crippen molar-refractivity contribution in [2.24, 2.45) is 0 Å². The maximum atomic E-state index is 12.8. The zero-order valence-corrected chi connectivity index (χ0v) is 16.2. The van der Waals surface area contributed by atoms with Gasteiger partial charge in [-0.25, -0.2) is 9.48 Å². The van der Waals surface area contributed by atoms with Gasteiger partial charge in [0.2, 0.25) is 5.78 Å². The molecule has 7 nitrogen and oxygen atoms in total. The third-order valence-electron chi connectivity index (χ3n) is 4.53. The largest absolute Gasteiger partial charge is 0.497 e. The molecule has 0 fully saturated rings. The van der Waals surface area contributed by atoms with Crippen LogP contribution < -0.4 is 4.74 Å². The first-order valence-corrected chi connectivity index (χ1v) is 9.29. The molecule has 0 bridgehead atoms. The van der Waals surface area contributed by atoms with E-state index in [4.69, 9.17) is 9.47 Å². The minimum atomic E-state index is -0.630. The Balaban J connectivity index is 1.67. The predicted octanol–water partition coefficient (Wildman–Crippen LogP) is 3.92. The Bertz CT molecular complexity index is 1160. The minimum absolute atomic E-state index is 0.256. The summed E-state index contributed by atoms with van der Waals surface area (Å²) in [6, 6.07) is 20.0. The van der Waals surface area contributed by atoms with Crippen molar-refractivity contribution >= 4 is 11.8 Å². The van der Waals surface area contributed by atoms with Gasteiger partial charge >= 0.3 is 5.97 Å². The molecule has 0 unspecified atom stereocenters. The number of H-pyrrole nitrogens is 1. The van der Waals surface area contributed by atoms with Crippen LogP contribution in [-0.2, 0) is 4.74 Å². The molecular formula is C23H19N3O4. The monoisotopic (exact) mass is 401 g/mol. The molecule has 0 saturated carbocycles. The van der Waals surface area contributed by atoms with Crippen LogP contribution in [0.25, 0.3) is 16.9 Å². The molecule has 4 aromatic rings. The van der Waals surface area contributed by atoms with E-state index < -0.39 is 5.97 Å². The summed E-state index contributed by atoms with van der Waals surface area (Å²) in [5.74, 6) is -0.301. The Morgan fingerprint density at radius 1 is 1.03 bits per heavy atom. The predicted molar refractivity (Wildman–Crippen MR) is 111 cm³/mol. The average Bonchev–Trinajstić information content (AvgIpc) is 3.48. The smallest absolute Gasteiger partial charge is 0.342 e. The highest BCUT2D eigenvalue weighted by molar-refractivity contribution is 6.00. The highest BCUT2D eigenvalue weighted by atomic mass is 16.5. The number of esters is 1. The number of methoxy groups -OCH3 is 1. The topological polar surface area (TPSA) is 86.2 Å². The van der Waals surface area contributed by atoms with Crippen LogP contribution in [0.4, 0.5) is 0 Å². The van der Waals surface area contributed by atoms with Gasteiger partial charge in [0.25, 0.3) is 0 Å². The summed E-state index contributed by atoms with van der Waals surface area (Å²) in [7, 11) is 1.57. The first kappa shape index (κ1) is 19.2. The SMILES string of the molecule is COc1cccc(-c2nn(-c3ccccc3)cc2C(=O)OCC(=O)c2ccc[nH]2)c1. The number of Topliss-reactive ketones (excluding diaryl/α,β-unsaturated/α-hetero) is 1. The van der Waals surface area contributed by atoms with Crippen molar-refractivity contribution in [1.29, 1.82) is 0 Å². The molecule has 0 aliphatic heterocycles. The second-order valence-electron chi connectivity index (χ2n) is 6.49. The van der Waals surface area contributed by atoms with Gasteiger partial charge in [-0.2, -0.15) is 5.10 Å². The van der Waals surface area contributed by atoms with E-state index in [0.717, 1.165) is 5.69 Å². The second-order valence-corrected chi connectivity index (χ2v) is 6.49. The third kappa shape index (κ3) is 4.00. The summed E-state index contributed by atoms with van der Waals surface area (Å²) in [6.45, 7) is -0.368. The Kier molecular flexibility index (Phi) is 5.43. The second kappa shape index (κ2) is 8.48. The van der Waals surface area contributed by atoms with E-state index in [0.29, 0.717) is 22.7 Å². The number of hydrogen-bond acceptors (Lipinski definition) is 5. The van der Waals surface area contributed by atoms with Crippen molar-refractivity contribution in [3.8, 4) is 22.7 Å². The summed E-state index contributed by atoms with van der Waals surface area (Å²) in [4.78, 5) is 27.8. The van der Waals surface area contributed by atoms with E-state index in [9.17, 15) is 9.59 Å². The van der Waals surface area contributed by atoms with Gasteiger partial charge in [-0.05, 0) is 36.4 Å². The number of carbonyl (C=O) groups is 2. The molecule has 2 aromatic heterocycles. The summed E-state index contributed by atoms with van der Waals surface area (Å²) in [5, 5.41) is 4.59. The molecule has 150 valence electrons. The van der Waals surface area contributed by atoms with Crippen LogP contribution in [-0.4, -0.2) is 40.2 Å². The van der Waals surface area contributed by atoms with Gasteiger partial charge in [0.05, 0.1) is 18.5 Å². The molecule has 30 heavy (non-hydrogen) atoms. The molecule has 0 aliphatic carbocycles. The van der Waals surface area contributed by atoms with Crippen LogP contribution >= 0.6 is 0 Å². The highest BCUT2D eigenvalue weighted by Gasteiger charge is 2.21. The lowest BCUT2D eigenvalue weighted by Gasteiger charge is -2.05. The molecule has 0 spiro atoms. The maximum Gasteiger partial charge on any atom is 0.342 e. The first-order chi connectivity index (χ1) is 14.7. The Labute approximate surface area is 172 Å². The van der Waals surface area contributed by atoms with Crippen molar-refractivity contribution in [2.45, 2.75) is 0 Å². The number of para-hydroxylation sites is 1. The normalized spacial score (nSPS) is 10.6.